The number of fused-ring (bicyclic) bond motifs is 2. The van der Waals surface area contributed by atoms with E-state index >= 15 is 0 Å². The van der Waals surface area contributed by atoms with Crippen LogP contribution in [0.5, 0.6) is 5.75 Å². The summed E-state index contributed by atoms with van der Waals surface area (Å²) in [4.78, 5) is 22.7. The standard InChI is InChI=1S/C23H23N5O3/c1-30-18-11-5-4-10-17(18)28-21(24)19(23(29)25-13-14-7-6-12-31-14)20-22(28)27-16-9-3-2-8-15(16)26-20/h2-5,8-11,14H,6-7,12-13,24H2,1H3,(H,25,29)/t14-/m0/s1. The number of aromatic nitrogens is 3. The number of nitrogens with zero attached hydrogens (tertiary/aromatic N) is 3. The lowest BCUT2D eigenvalue weighted by atomic mass is 10.2. The van der Waals surface area contributed by atoms with E-state index in [1.165, 1.54) is 0 Å². The Morgan fingerprint density at radius 1 is 1.19 bits per heavy atom. The third-order valence-corrected chi connectivity index (χ3v) is 5.57. The highest BCUT2D eigenvalue weighted by Crippen LogP contribution is 2.34. The number of methoxy groups -OCH3 is 1. The summed E-state index contributed by atoms with van der Waals surface area (Å²) in [6.07, 6.45) is 1.97. The van der Waals surface area contributed by atoms with Gasteiger partial charge in [-0.2, -0.15) is 0 Å². The minimum Gasteiger partial charge on any atom is -0.495 e. The number of nitrogen functional groups attached to an aromatic ring is 1. The van der Waals surface area contributed by atoms with E-state index in [4.69, 9.17) is 25.2 Å². The minimum atomic E-state index is -0.295. The minimum absolute atomic E-state index is 0.0275. The van der Waals surface area contributed by atoms with Crippen molar-refractivity contribution in [2.24, 2.45) is 0 Å². The summed E-state index contributed by atoms with van der Waals surface area (Å²) >= 11 is 0. The van der Waals surface area contributed by atoms with Gasteiger partial charge in [0.1, 0.15) is 22.6 Å². The maximum absolute atomic E-state index is 13.2. The highest BCUT2D eigenvalue weighted by atomic mass is 16.5. The summed E-state index contributed by atoms with van der Waals surface area (Å²) in [6.45, 7) is 1.16. The molecule has 0 aliphatic carbocycles. The predicted octanol–water partition coefficient (Wildman–Crippen LogP) is 3.07. The first-order valence-electron chi connectivity index (χ1n) is 10.3. The summed E-state index contributed by atoms with van der Waals surface area (Å²) in [5.74, 6) is 0.586. The number of nitrogens with two attached hydrogens (primary N) is 1. The summed E-state index contributed by atoms with van der Waals surface area (Å²) in [7, 11) is 1.59. The zero-order chi connectivity index (χ0) is 21.4. The Balaban J connectivity index is 1.69. The number of para-hydroxylation sites is 4. The van der Waals surface area contributed by atoms with Crippen molar-refractivity contribution in [1.82, 2.24) is 19.9 Å². The number of carbonyl (C=O) groups is 1. The fraction of sp³-hybridized carbons (Fsp3) is 0.261. The molecular weight excluding hydrogens is 394 g/mol. The molecular formula is C23H23N5O3. The number of hydrogen-bond acceptors (Lipinski definition) is 6. The second kappa shape index (κ2) is 7.88. The normalized spacial score (nSPS) is 16.1. The van der Waals surface area contributed by atoms with Gasteiger partial charge in [-0.25, -0.2) is 9.97 Å². The van der Waals surface area contributed by atoms with E-state index in [0.717, 1.165) is 25.0 Å². The van der Waals surface area contributed by atoms with Crippen LogP contribution in [0.3, 0.4) is 0 Å². The Morgan fingerprint density at radius 2 is 1.94 bits per heavy atom. The molecule has 3 heterocycles. The van der Waals surface area contributed by atoms with Crippen molar-refractivity contribution in [3.63, 3.8) is 0 Å². The van der Waals surface area contributed by atoms with Crippen LogP contribution in [0.15, 0.2) is 48.5 Å². The maximum atomic E-state index is 13.2. The monoisotopic (exact) mass is 417 g/mol. The number of ether oxygens (including phenoxy) is 2. The van der Waals surface area contributed by atoms with Crippen LogP contribution in [0.1, 0.15) is 23.2 Å². The Hall–Kier alpha value is -3.65. The molecule has 0 radical (unpaired) electrons. The van der Waals surface area contributed by atoms with E-state index in [1.807, 2.05) is 48.5 Å². The third-order valence-electron chi connectivity index (χ3n) is 5.57. The van der Waals surface area contributed by atoms with Crippen molar-refractivity contribution in [3.8, 4) is 11.4 Å². The van der Waals surface area contributed by atoms with Crippen LogP contribution in [-0.2, 0) is 4.74 Å². The largest absolute Gasteiger partial charge is 0.495 e. The second-order valence-electron chi connectivity index (χ2n) is 7.50. The van der Waals surface area contributed by atoms with Crippen LogP contribution in [0.2, 0.25) is 0 Å². The zero-order valence-corrected chi connectivity index (χ0v) is 17.2. The molecule has 1 amide bonds. The highest BCUT2D eigenvalue weighted by molar-refractivity contribution is 6.11. The quantitative estimate of drug-likeness (QED) is 0.517. The van der Waals surface area contributed by atoms with E-state index in [9.17, 15) is 4.79 Å². The predicted molar refractivity (Wildman–Crippen MR) is 119 cm³/mol. The molecule has 0 unspecified atom stereocenters. The number of carbonyl (C=O) groups excluding carboxylic acids is 1. The smallest absolute Gasteiger partial charge is 0.257 e. The number of anilines is 1. The van der Waals surface area contributed by atoms with Crippen molar-refractivity contribution in [2.75, 3.05) is 26.0 Å². The number of nitrogens with one attached hydrogen (secondary N) is 1. The van der Waals surface area contributed by atoms with Gasteiger partial charge in [-0.05, 0) is 37.1 Å². The average molecular weight is 417 g/mol. The molecule has 31 heavy (non-hydrogen) atoms. The summed E-state index contributed by atoms with van der Waals surface area (Å²) in [5.41, 5.74) is 9.91. The van der Waals surface area contributed by atoms with Crippen LogP contribution in [0, 0.1) is 0 Å². The number of rotatable bonds is 5. The molecule has 2 aromatic carbocycles. The van der Waals surface area contributed by atoms with Crippen LogP contribution >= 0.6 is 0 Å². The lowest BCUT2D eigenvalue weighted by Gasteiger charge is -2.13. The van der Waals surface area contributed by atoms with E-state index < -0.39 is 0 Å². The van der Waals surface area contributed by atoms with Gasteiger partial charge in [0, 0.05) is 13.2 Å². The van der Waals surface area contributed by atoms with Crippen molar-refractivity contribution in [2.45, 2.75) is 18.9 Å². The molecule has 2 aromatic heterocycles. The van der Waals surface area contributed by atoms with Gasteiger partial charge in [0.05, 0.1) is 29.9 Å². The molecule has 1 aliphatic heterocycles. The van der Waals surface area contributed by atoms with E-state index in [0.29, 0.717) is 40.2 Å². The van der Waals surface area contributed by atoms with Gasteiger partial charge in [-0.3, -0.25) is 9.36 Å². The molecule has 1 atom stereocenters. The Bertz CT molecular complexity index is 1280. The Labute approximate surface area is 179 Å². The van der Waals surface area contributed by atoms with Gasteiger partial charge in [0.25, 0.3) is 5.91 Å². The van der Waals surface area contributed by atoms with Crippen LogP contribution in [0.25, 0.3) is 27.9 Å². The number of benzene rings is 2. The van der Waals surface area contributed by atoms with Crippen molar-refractivity contribution in [1.29, 1.82) is 0 Å². The first-order chi connectivity index (χ1) is 15.2. The number of hydrogen-bond donors (Lipinski definition) is 2. The van der Waals surface area contributed by atoms with Gasteiger partial charge in [0.15, 0.2) is 5.65 Å². The fourth-order valence-corrected chi connectivity index (χ4v) is 4.04. The van der Waals surface area contributed by atoms with E-state index in [1.54, 1.807) is 11.7 Å². The van der Waals surface area contributed by atoms with Crippen LogP contribution in [-0.4, -0.2) is 46.8 Å². The third kappa shape index (κ3) is 3.34. The lowest BCUT2D eigenvalue weighted by molar-refractivity contribution is 0.0859. The topological polar surface area (TPSA) is 104 Å². The molecule has 0 bridgehead atoms. The molecule has 1 saturated heterocycles. The van der Waals surface area contributed by atoms with Gasteiger partial charge < -0.3 is 20.5 Å². The summed E-state index contributed by atoms with van der Waals surface area (Å²) < 4.78 is 12.9. The van der Waals surface area contributed by atoms with Crippen LogP contribution in [0.4, 0.5) is 5.82 Å². The molecule has 5 rings (SSSR count). The van der Waals surface area contributed by atoms with Gasteiger partial charge in [0.2, 0.25) is 0 Å². The molecule has 3 N–H and O–H groups in total. The van der Waals surface area contributed by atoms with Crippen molar-refractivity contribution < 1.29 is 14.3 Å². The van der Waals surface area contributed by atoms with E-state index in [-0.39, 0.29) is 17.8 Å². The molecule has 0 saturated carbocycles. The molecule has 1 fully saturated rings. The van der Waals surface area contributed by atoms with E-state index in [2.05, 4.69) is 5.32 Å². The van der Waals surface area contributed by atoms with Gasteiger partial charge in [-0.15, -0.1) is 0 Å². The molecule has 158 valence electrons. The van der Waals surface area contributed by atoms with Gasteiger partial charge in [-0.1, -0.05) is 24.3 Å². The first kappa shape index (κ1) is 19.3. The first-order valence-corrected chi connectivity index (χ1v) is 10.3. The van der Waals surface area contributed by atoms with Crippen molar-refractivity contribution in [3.05, 3.63) is 54.1 Å². The summed E-state index contributed by atoms with van der Waals surface area (Å²) in [6, 6.07) is 15.0. The number of amides is 1. The molecule has 8 heteroatoms. The maximum Gasteiger partial charge on any atom is 0.257 e. The molecule has 0 spiro atoms. The average Bonchev–Trinajstić information content (AvgIpc) is 3.41. The van der Waals surface area contributed by atoms with Crippen LogP contribution < -0.4 is 15.8 Å². The molecule has 4 aromatic rings. The fourth-order valence-electron chi connectivity index (χ4n) is 4.04. The van der Waals surface area contributed by atoms with Crippen molar-refractivity contribution >= 4 is 33.9 Å². The second-order valence-corrected chi connectivity index (χ2v) is 7.50. The zero-order valence-electron chi connectivity index (χ0n) is 17.2. The highest BCUT2D eigenvalue weighted by Gasteiger charge is 2.27. The SMILES string of the molecule is COc1ccccc1-n1c(N)c(C(=O)NC[C@@H]2CCCO2)c2nc3ccccc3nc21. The molecule has 1 aliphatic rings. The Kier molecular flexibility index (Phi) is 4.91. The summed E-state index contributed by atoms with van der Waals surface area (Å²) in [5, 5.41) is 2.96. The Morgan fingerprint density at radius 3 is 2.68 bits per heavy atom. The lowest BCUT2D eigenvalue weighted by Crippen LogP contribution is -2.32. The molecule has 8 nitrogen and oxygen atoms in total. The van der Waals surface area contributed by atoms with Gasteiger partial charge >= 0.3 is 0 Å².